The van der Waals surface area contributed by atoms with Crippen LogP contribution in [0.3, 0.4) is 0 Å². The predicted molar refractivity (Wildman–Crippen MR) is 140 cm³/mol. The van der Waals surface area contributed by atoms with Crippen molar-refractivity contribution in [2.24, 2.45) is 5.92 Å². The van der Waals surface area contributed by atoms with E-state index in [1.807, 2.05) is 30.0 Å². The maximum absolute atomic E-state index is 12.4. The van der Waals surface area contributed by atoms with Gasteiger partial charge in [-0.05, 0) is 67.1 Å². The van der Waals surface area contributed by atoms with E-state index in [1.54, 1.807) is 0 Å². The highest BCUT2D eigenvalue weighted by Crippen LogP contribution is 2.23. The molecule has 172 valence electrons. The van der Waals surface area contributed by atoms with Gasteiger partial charge in [-0.25, -0.2) is 0 Å². The molecule has 0 saturated carbocycles. The highest BCUT2D eigenvalue weighted by Gasteiger charge is 2.19. The average molecular weight is 459 g/mol. The van der Waals surface area contributed by atoms with Crippen LogP contribution in [0.25, 0.3) is 0 Å². The van der Waals surface area contributed by atoms with Crippen molar-refractivity contribution in [1.29, 1.82) is 0 Å². The summed E-state index contributed by atoms with van der Waals surface area (Å²) >= 11 is 1.85. The molecular formula is C29H34N2OS. The Labute approximate surface area is 202 Å². The van der Waals surface area contributed by atoms with E-state index >= 15 is 0 Å². The fourth-order valence-electron chi connectivity index (χ4n) is 4.42. The van der Waals surface area contributed by atoms with E-state index in [-0.39, 0.29) is 5.91 Å². The molecule has 1 amide bonds. The number of likely N-dealkylation sites (tertiary alicyclic amines) is 1. The Morgan fingerprint density at radius 1 is 0.818 bits per heavy atom. The van der Waals surface area contributed by atoms with Gasteiger partial charge in [0.15, 0.2) is 0 Å². The second-order valence-corrected chi connectivity index (χ2v) is 10.0. The molecule has 3 nitrogen and oxygen atoms in total. The highest BCUT2D eigenvalue weighted by molar-refractivity contribution is 7.98. The molecule has 1 saturated heterocycles. The molecule has 0 aromatic heterocycles. The van der Waals surface area contributed by atoms with Crippen molar-refractivity contribution in [3.8, 4) is 0 Å². The lowest BCUT2D eigenvalue weighted by atomic mass is 9.90. The number of carbonyl (C=O) groups is 1. The predicted octanol–water partition coefficient (Wildman–Crippen LogP) is 5.80. The maximum atomic E-state index is 12.4. The fourth-order valence-corrected chi connectivity index (χ4v) is 5.24. The van der Waals surface area contributed by atoms with Gasteiger partial charge in [0.05, 0.1) is 0 Å². The maximum Gasteiger partial charge on any atom is 0.251 e. The number of carbonyl (C=O) groups excluding carboxylic acids is 1. The molecule has 3 aromatic rings. The third-order valence-electron chi connectivity index (χ3n) is 6.34. The summed E-state index contributed by atoms with van der Waals surface area (Å²) in [4.78, 5) is 15.0. The van der Waals surface area contributed by atoms with Gasteiger partial charge in [0.25, 0.3) is 5.91 Å². The van der Waals surface area contributed by atoms with Crippen LogP contribution in [0, 0.1) is 5.92 Å². The van der Waals surface area contributed by atoms with Crippen LogP contribution in [0.1, 0.15) is 39.9 Å². The van der Waals surface area contributed by atoms with Gasteiger partial charge in [-0.1, -0.05) is 72.8 Å². The van der Waals surface area contributed by atoms with Crippen LogP contribution in [0.2, 0.25) is 0 Å². The molecule has 1 aliphatic rings. The van der Waals surface area contributed by atoms with Crippen molar-refractivity contribution < 1.29 is 4.79 Å². The minimum absolute atomic E-state index is 0.0172. The van der Waals surface area contributed by atoms with Crippen LogP contribution in [-0.4, -0.2) is 36.2 Å². The molecular weight excluding hydrogens is 424 g/mol. The topological polar surface area (TPSA) is 32.3 Å². The van der Waals surface area contributed by atoms with Crippen molar-refractivity contribution >= 4 is 17.7 Å². The number of thioether (sulfide) groups is 1. The Hall–Kier alpha value is -2.56. The van der Waals surface area contributed by atoms with E-state index in [2.05, 4.69) is 76.9 Å². The quantitative estimate of drug-likeness (QED) is 0.390. The minimum Gasteiger partial charge on any atom is -0.351 e. The average Bonchev–Trinajstić information content (AvgIpc) is 2.87. The lowest BCUT2D eigenvalue weighted by Gasteiger charge is -2.32. The molecule has 0 aliphatic carbocycles. The number of benzene rings is 3. The molecule has 1 aliphatic heterocycles. The first-order valence-corrected chi connectivity index (χ1v) is 13.2. The van der Waals surface area contributed by atoms with Crippen LogP contribution in [0.15, 0.2) is 84.9 Å². The third kappa shape index (κ3) is 7.76. The first kappa shape index (κ1) is 23.6. The number of hydrogen-bond donors (Lipinski definition) is 1. The van der Waals surface area contributed by atoms with Crippen molar-refractivity contribution in [2.45, 2.75) is 31.6 Å². The molecule has 0 radical (unpaired) electrons. The van der Waals surface area contributed by atoms with Gasteiger partial charge in [-0.2, -0.15) is 11.8 Å². The van der Waals surface area contributed by atoms with Gasteiger partial charge in [-0.15, -0.1) is 0 Å². The van der Waals surface area contributed by atoms with Gasteiger partial charge < -0.3 is 5.32 Å². The Morgan fingerprint density at radius 2 is 1.45 bits per heavy atom. The molecule has 3 aromatic carbocycles. The van der Waals surface area contributed by atoms with E-state index < -0.39 is 0 Å². The number of nitrogens with one attached hydrogen (secondary N) is 1. The monoisotopic (exact) mass is 458 g/mol. The fraction of sp³-hybridized carbons (Fsp3) is 0.345. The second kappa shape index (κ2) is 12.6. The zero-order valence-corrected chi connectivity index (χ0v) is 20.1. The van der Waals surface area contributed by atoms with Crippen LogP contribution >= 0.6 is 11.8 Å². The largest absolute Gasteiger partial charge is 0.351 e. The SMILES string of the molecule is O=C(NCCSCc1ccccc1)c1ccc(CN2CCC(Cc3ccccc3)CC2)cc1. The van der Waals surface area contributed by atoms with Crippen LogP contribution in [-0.2, 0) is 18.7 Å². The molecule has 1 fully saturated rings. The van der Waals surface area contributed by atoms with E-state index in [0.717, 1.165) is 42.6 Å². The Bertz CT molecular complexity index is 968. The summed E-state index contributed by atoms with van der Waals surface area (Å²) in [5, 5.41) is 3.04. The van der Waals surface area contributed by atoms with Crippen molar-refractivity contribution in [3.63, 3.8) is 0 Å². The Balaban J connectivity index is 1.14. The number of piperidine rings is 1. The standard InChI is InChI=1S/C29H34N2OS/c32-29(30-17-20-33-23-27-9-5-2-6-10-27)28-13-11-26(12-14-28)22-31-18-15-25(16-19-31)21-24-7-3-1-4-8-24/h1-14,25H,15-23H2,(H,30,32). The first-order valence-electron chi connectivity index (χ1n) is 12.0. The molecule has 1 N–H and O–H groups in total. The lowest BCUT2D eigenvalue weighted by molar-refractivity contribution is 0.0956. The van der Waals surface area contributed by atoms with Crippen LogP contribution in [0.4, 0.5) is 0 Å². The summed E-state index contributed by atoms with van der Waals surface area (Å²) in [5.74, 6) is 2.71. The van der Waals surface area contributed by atoms with E-state index in [9.17, 15) is 4.79 Å². The van der Waals surface area contributed by atoms with Crippen molar-refractivity contribution in [3.05, 3.63) is 107 Å². The van der Waals surface area contributed by atoms with Crippen molar-refractivity contribution in [1.82, 2.24) is 10.2 Å². The second-order valence-electron chi connectivity index (χ2n) is 8.90. The van der Waals surface area contributed by atoms with Gasteiger partial charge >= 0.3 is 0 Å². The van der Waals surface area contributed by atoms with E-state index in [1.165, 1.54) is 36.0 Å². The number of amides is 1. The van der Waals surface area contributed by atoms with Gasteiger partial charge in [0.2, 0.25) is 0 Å². The molecule has 1 heterocycles. The van der Waals surface area contributed by atoms with Crippen LogP contribution < -0.4 is 5.32 Å². The number of nitrogens with zero attached hydrogens (tertiary/aromatic N) is 1. The minimum atomic E-state index is 0.0172. The Kier molecular flexibility index (Phi) is 9.02. The summed E-state index contributed by atoms with van der Waals surface area (Å²) in [6.45, 7) is 3.97. The summed E-state index contributed by atoms with van der Waals surface area (Å²) < 4.78 is 0. The molecule has 0 spiro atoms. The van der Waals surface area contributed by atoms with Gasteiger partial charge in [0, 0.05) is 30.2 Å². The normalized spacial score (nSPS) is 14.8. The summed E-state index contributed by atoms with van der Waals surface area (Å²) in [6.07, 6.45) is 3.72. The lowest BCUT2D eigenvalue weighted by Crippen LogP contribution is -2.33. The smallest absolute Gasteiger partial charge is 0.251 e. The molecule has 0 bridgehead atoms. The molecule has 0 atom stereocenters. The van der Waals surface area contributed by atoms with Crippen molar-refractivity contribution in [2.75, 3.05) is 25.4 Å². The zero-order chi connectivity index (χ0) is 22.7. The third-order valence-corrected chi connectivity index (χ3v) is 7.37. The van der Waals surface area contributed by atoms with Crippen LogP contribution in [0.5, 0.6) is 0 Å². The van der Waals surface area contributed by atoms with Gasteiger partial charge in [0.1, 0.15) is 0 Å². The zero-order valence-electron chi connectivity index (χ0n) is 19.3. The summed E-state index contributed by atoms with van der Waals surface area (Å²) in [7, 11) is 0. The van der Waals surface area contributed by atoms with Gasteiger partial charge in [-0.3, -0.25) is 9.69 Å². The molecule has 4 rings (SSSR count). The number of rotatable bonds is 10. The highest BCUT2D eigenvalue weighted by atomic mass is 32.2. The summed E-state index contributed by atoms with van der Waals surface area (Å²) in [5.41, 5.74) is 4.81. The first-order chi connectivity index (χ1) is 16.3. The van der Waals surface area contributed by atoms with E-state index in [4.69, 9.17) is 0 Å². The summed E-state index contributed by atoms with van der Waals surface area (Å²) in [6, 6.07) is 29.4. The number of hydrogen-bond acceptors (Lipinski definition) is 3. The molecule has 0 unspecified atom stereocenters. The molecule has 33 heavy (non-hydrogen) atoms. The molecule has 4 heteroatoms. The van der Waals surface area contributed by atoms with E-state index in [0.29, 0.717) is 6.54 Å². The Morgan fingerprint density at radius 3 is 2.12 bits per heavy atom.